The lowest BCUT2D eigenvalue weighted by Crippen LogP contribution is -2.13. The third kappa shape index (κ3) is 5.51. The van der Waals surface area contributed by atoms with Gasteiger partial charge in [-0.15, -0.1) is 0 Å². The molecule has 1 amide bonds. The van der Waals surface area contributed by atoms with Crippen LogP contribution in [0.3, 0.4) is 0 Å². The van der Waals surface area contributed by atoms with Crippen molar-refractivity contribution in [2.45, 2.75) is 13.1 Å². The molecule has 2 heterocycles. The van der Waals surface area contributed by atoms with Crippen LogP contribution < -0.4 is 20.7 Å². The summed E-state index contributed by atoms with van der Waals surface area (Å²) in [7, 11) is 5.18. The molecular weight excluding hydrogens is 547 g/mol. The Labute approximate surface area is 239 Å². The maximum atomic E-state index is 13.2. The number of fused-ring (bicyclic) bond motifs is 1. The molecule has 0 aliphatic carbocycles. The quantitative estimate of drug-likeness (QED) is 0.254. The molecule has 42 heavy (non-hydrogen) atoms. The van der Waals surface area contributed by atoms with Gasteiger partial charge in [0.25, 0.3) is 5.91 Å². The number of hydrogen-bond acceptors (Lipinski definition) is 8. The number of alkyl halides is 3. The Morgan fingerprint density at radius 2 is 1.71 bits per heavy atom. The summed E-state index contributed by atoms with van der Waals surface area (Å²) in [5.74, 6) is 0.469. The smallest absolute Gasteiger partial charge is 0.416 e. The van der Waals surface area contributed by atoms with Crippen molar-refractivity contribution in [1.82, 2.24) is 19.9 Å². The van der Waals surface area contributed by atoms with Crippen LogP contribution in [-0.4, -0.2) is 47.0 Å². The second-order valence-electron chi connectivity index (χ2n) is 9.73. The average Bonchev–Trinajstić information content (AvgIpc) is 2.96. The molecule has 0 spiro atoms. The molecule has 5 rings (SSSR count). The average molecular weight is 574 g/mol. The zero-order valence-electron chi connectivity index (χ0n) is 23.1. The molecule has 2 aromatic heterocycles. The first-order chi connectivity index (χ1) is 20.0. The van der Waals surface area contributed by atoms with E-state index >= 15 is 0 Å². The number of rotatable bonds is 6. The largest absolute Gasteiger partial charge is 0.495 e. The van der Waals surface area contributed by atoms with Crippen molar-refractivity contribution < 1.29 is 22.7 Å². The van der Waals surface area contributed by atoms with Gasteiger partial charge in [-0.2, -0.15) is 13.2 Å². The molecule has 3 aromatic carbocycles. The van der Waals surface area contributed by atoms with Gasteiger partial charge in [0.05, 0.1) is 23.8 Å². The number of hydrogen-bond donors (Lipinski definition) is 2. The van der Waals surface area contributed by atoms with Gasteiger partial charge < -0.3 is 20.7 Å². The number of carbonyl (C=O) groups is 1. The van der Waals surface area contributed by atoms with E-state index in [1.165, 1.54) is 19.2 Å². The van der Waals surface area contributed by atoms with E-state index in [0.717, 1.165) is 17.7 Å². The van der Waals surface area contributed by atoms with Gasteiger partial charge in [-0.1, -0.05) is 12.1 Å². The summed E-state index contributed by atoms with van der Waals surface area (Å²) in [5.41, 5.74) is 9.21. The normalized spacial score (nSPS) is 11.4. The van der Waals surface area contributed by atoms with Gasteiger partial charge in [-0.25, -0.2) is 19.9 Å². The number of benzene rings is 3. The lowest BCUT2D eigenvalue weighted by molar-refractivity contribution is -0.137. The Bertz CT molecular complexity index is 1810. The molecule has 3 N–H and O–H groups in total. The number of methoxy groups -OCH3 is 1. The van der Waals surface area contributed by atoms with Crippen LogP contribution in [0, 0.1) is 6.92 Å². The predicted octanol–water partition coefficient (Wildman–Crippen LogP) is 5.99. The van der Waals surface area contributed by atoms with Crippen LogP contribution in [0.5, 0.6) is 5.75 Å². The lowest BCUT2D eigenvalue weighted by atomic mass is 9.92. The van der Waals surface area contributed by atoms with Crippen LogP contribution in [0.25, 0.3) is 33.2 Å². The standard InChI is InChI=1S/C30H26F3N7O2/c1-16-8-9-17(27(41)38-21-7-5-6-20(12-21)30(31,32)33)10-22(16)23-11-18-13-35-28(34)39-25(18)24(26(23)42-4)19-14-36-29(37-15-19)40(2)3/h5-15H,1-4H3,(H,38,41)(H2,34,35,39). The van der Waals surface area contributed by atoms with Crippen LogP contribution >= 0.6 is 0 Å². The number of ether oxygens (including phenoxy) is 1. The summed E-state index contributed by atoms with van der Waals surface area (Å²) in [6, 6.07) is 11.3. The summed E-state index contributed by atoms with van der Waals surface area (Å²) in [5, 5.41) is 3.22. The monoisotopic (exact) mass is 573 g/mol. The van der Waals surface area contributed by atoms with Crippen molar-refractivity contribution in [3.63, 3.8) is 0 Å². The Hall–Kier alpha value is -5.26. The molecule has 0 unspecified atom stereocenters. The molecular formula is C30H26F3N7O2. The first kappa shape index (κ1) is 28.3. The van der Waals surface area contributed by atoms with E-state index in [4.69, 9.17) is 10.5 Å². The Morgan fingerprint density at radius 3 is 2.38 bits per heavy atom. The minimum atomic E-state index is -4.53. The van der Waals surface area contributed by atoms with Crippen LogP contribution in [0.15, 0.2) is 67.1 Å². The summed E-state index contributed by atoms with van der Waals surface area (Å²) in [6.45, 7) is 1.88. The molecule has 9 nitrogen and oxygen atoms in total. The van der Waals surface area contributed by atoms with Gasteiger partial charge in [-0.3, -0.25) is 4.79 Å². The van der Waals surface area contributed by atoms with Crippen LogP contribution in [0.4, 0.5) is 30.8 Å². The number of amides is 1. The van der Waals surface area contributed by atoms with Gasteiger partial charge in [0.15, 0.2) is 0 Å². The minimum absolute atomic E-state index is 0.0263. The maximum Gasteiger partial charge on any atom is 0.416 e. The predicted molar refractivity (Wildman–Crippen MR) is 155 cm³/mol. The summed E-state index contributed by atoms with van der Waals surface area (Å²) in [4.78, 5) is 32.4. The zero-order chi connectivity index (χ0) is 30.2. The number of carbonyl (C=O) groups excluding carboxylic acids is 1. The molecule has 0 saturated heterocycles. The maximum absolute atomic E-state index is 13.2. The van der Waals surface area contributed by atoms with Crippen LogP contribution in [0.2, 0.25) is 0 Å². The molecule has 0 aliphatic heterocycles. The van der Waals surface area contributed by atoms with Gasteiger partial charge in [0.1, 0.15) is 5.75 Å². The van der Waals surface area contributed by atoms with E-state index in [0.29, 0.717) is 44.9 Å². The van der Waals surface area contributed by atoms with Gasteiger partial charge in [0.2, 0.25) is 11.9 Å². The first-order valence-electron chi connectivity index (χ1n) is 12.7. The number of anilines is 3. The van der Waals surface area contributed by atoms with Gasteiger partial charge in [0, 0.05) is 60.4 Å². The lowest BCUT2D eigenvalue weighted by Gasteiger charge is -2.19. The van der Waals surface area contributed by atoms with Gasteiger partial charge >= 0.3 is 6.18 Å². The molecule has 5 aromatic rings. The van der Waals surface area contributed by atoms with E-state index in [1.807, 2.05) is 27.1 Å². The number of nitrogens with one attached hydrogen (secondary N) is 1. The van der Waals surface area contributed by atoms with E-state index < -0.39 is 17.6 Å². The molecule has 0 atom stereocenters. The SMILES string of the molecule is COc1c(-c2cc(C(=O)Nc3cccc(C(F)(F)F)c3)ccc2C)cc2cnc(N)nc2c1-c1cnc(N(C)C)nc1. The molecule has 12 heteroatoms. The van der Waals surface area contributed by atoms with Crippen LogP contribution in [-0.2, 0) is 6.18 Å². The van der Waals surface area contributed by atoms with Crippen molar-refractivity contribution in [3.8, 4) is 28.0 Å². The molecule has 214 valence electrons. The molecule has 0 radical (unpaired) electrons. The summed E-state index contributed by atoms with van der Waals surface area (Å²) >= 11 is 0. The number of halogens is 3. The Balaban J connectivity index is 1.64. The number of nitrogens with zero attached hydrogens (tertiary/aromatic N) is 5. The fraction of sp³-hybridized carbons (Fsp3) is 0.167. The minimum Gasteiger partial charge on any atom is -0.495 e. The number of aromatic nitrogens is 4. The third-order valence-electron chi connectivity index (χ3n) is 6.61. The van der Waals surface area contributed by atoms with Crippen molar-refractivity contribution >= 4 is 34.4 Å². The van der Waals surface area contributed by atoms with E-state index in [2.05, 4.69) is 25.3 Å². The summed E-state index contributed by atoms with van der Waals surface area (Å²) < 4.78 is 45.5. The topological polar surface area (TPSA) is 119 Å². The van der Waals surface area contributed by atoms with Crippen molar-refractivity contribution in [2.24, 2.45) is 0 Å². The number of aryl methyl sites for hydroxylation is 1. The first-order valence-corrected chi connectivity index (χ1v) is 12.7. The zero-order valence-corrected chi connectivity index (χ0v) is 23.1. The number of nitrogen functional groups attached to an aromatic ring is 1. The Morgan fingerprint density at radius 1 is 0.976 bits per heavy atom. The second kappa shape index (κ2) is 11.0. The second-order valence-corrected chi connectivity index (χ2v) is 9.73. The fourth-order valence-electron chi connectivity index (χ4n) is 4.57. The van der Waals surface area contributed by atoms with E-state index in [1.54, 1.807) is 41.7 Å². The highest BCUT2D eigenvalue weighted by Gasteiger charge is 2.30. The molecule has 0 fully saturated rings. The van der Waals surface area contributed by atoms with Gasteiger partial charge in [-0.05, 0) is 54.4 Å². The van der Waals surface area contributed by atoms with E-state index in [9.17, 15) is 18.0 Å². The molecule has 0 saturated carbocycles. The fourth-order valence-corrected chi connectivity index (χ4v) is 4.57. The highest BCUT2D eigenvalue weighted by atomic mass is 19.4. The highest BCUT2D eigenvalue weighted by molar-refractivity contribution is 6.06. The Kier molecular flexibility index (Phi) is 7.38. The number of nitrogens with two attached hydrogens (primary N) is 1. The third-order valence-corrected chi connectivity index (χ3v) is 6.61. The van der Waals surface area contributed by atoms with Crippen LogP contribution in [0.1, 0.15) is 21.5 Å². The molecule has 0 aliphatic rings. The highest BCUT2D eigenvalue weighted by Crippen LogP contribution is 2.44. The van der Waals surface area contributed by atoms with E-state index in [-0.39, 0.29) is 17.2 Å². The van der Waals surface area contributed by atoms with Crippen molar-refractivity contribution in [3.05, 3.63) is 83.8 Å². The van der Waals surface area contributed by atoms with Crippen molar-refractivity contribution in [1.29, 1.82) is 0 Å². The molecule has 0 bridgehead atoms. The van der Waals surface area contributed by atoms with Crippen molar-refractivity contribution in [2.75, 3.05) is 37.2 Å². The summed E-state index contributed by atoms with van der Waals surface area (Å²) in [6.07, 6.45) is 0.383.